The number of carboxylic acids is 1. The topological polar surface area (TPSA) is 53.0 Å². The van der Waals surface area contributed by atoms with E-state index in [2.05, 4.69) is 17.0 Å². The van der Waals surface area contributed by atoms with Gasteiger partial charge in [-0.3, -0.25) is 14.6 Å². The molecule has 114 valence electrons. The smallest absolute Gasteiger partial charge is 0.320 e. The van der Waals surface area contributed by atoms with E-state index in [1.165, 1.54) is 5.56 Å². The van der Waals surface area contributed by atoms with Crippen LogP contribution in [0.4, 0.5) is 0 Å². The van der Waals surface area contributed by atoms with E-state index in [1.807, 2.05) is 17.0 Å². The first-order valence-electron chi connectivity index (χ1n) is 7.57. The van der Waals surface area contributed by atoms with Crippen molar-refractivity contribution < 1.29 is 14.6 Å². The second kappa shape index (κ2) is 6.03. The van der Waals surface area contributed by atoms with Crippen LogP contribution in [0.5, 0.6) is 5.75 Å². The zero-order valence-electron chi connectivity index (χ0n) is 12.4. The number of carbonyl (C=O) groups is 1. The quantitative estimate of drug-likeness (QED) is 0.899. The Balaban J connectivity index is 1.48. The number of ether oxygens (including phenoxy) is 1. The molecule has 1 aromatic rings. The fourth-order valence-electron chi connectivity index (χ4n) is 3.13. The Bertz CT molecular complexity index is 487. The molecule has 5 heteroatoms. The second-order valence-corrected chi connectivity index (χ2v) is 5.90. The molecule has 2 aliphatic heterocycles. The molecule has 0 radical (unpaired) electrons. The van der Waals surface area contributed by atoms with Gasteiger partial charge < -0.3 is 9.84 Å². The molecule has 1 aromatic carbocycles. The van der Waals surface area contributed by atoms with E-state index in [0.717, 1.165) is 44.9 Å². The van der Waals surface area contributed by atoms with Crippen molar-refractivity contribution in [1.82, 2.24) is 9.80 Å². The van der Waals surface area contributed by atoms with Crippen LogP contribution in [-0.4, -0.2) is 65.7 Å². The number of fused-ring (bicyclic) bond motifs is 1. The van der Waals surface area contributed by atoms with Gasteiger partial charge in [0.15, 0.2) is 0 Å². The largest absolute Gasteiger partial charge is 0.488 e. The fraction of sp³-hybridized carbons (Fsp3) is 0.562. The molecular weight excluding hydrogens is 268 g/mol. The predicted molar refractivity (Wildman–Crippen MR) is 79.7 cm³/mol. The zero-order valence-corrected chi connectivity index (χ0v) is 12.4. The molecule has 21 heavy (non-hydrogen) atoms. The predicted octanol–water partition coefficient (Wildman–Crippen LogP) is 1.08. The molecular formula is C16H22N2O3. The van der Waals surface area contributed by atoms with Gasteiger partial charge in [-0.15, -0.1) is 0 Å². The number of para-hydroxylation sites is 1. The Labute approximate surface area is 125 Å². The summed E-state index contributed by atoms with van der Waals surface area (Å²) in [6.07, 6.45) is 1.20. The number of aliphatic carboxylic acids is 1. The van der Waals surface area contributed by atoms with E-state index in [4.69, 9.17) is 9.84 Å². The third kappa shape index (κ3) is 3.19. The number of hydrogen-bond acceptors (Lipinski definition) is 4. The first kappa shape index (κ1) is 14.4. The number of carboxylic acid groups (broad SMARTS) is 1. The Morgan fingerprint density at radius 1 is 1.33 bits per heavy atom. The summed E-state index contributed by atoms with van der Waals surface area (Å²) in [5.41, 5.74) is 1.29. The number of hydrogen-bond donors (Lipinski definition) is 1. The first-order valence-corrected chi connectivity index (χ1v) is 7.57. The van der Waals surface area contributed by atoms with E-state index in [1.54, 1.807) is 6.92 Å². The van der Waals surface area contributed by atoms with Gasteiger partial charge in [0.05, 0.1) is 0 Å². The van der Waals surface area contributed by atoms with E-state index in [-0.39, 0.29) is 12.1 Å². The summed E-state index contributed by atoms with van der Waals surface area (Å²) in [6, 6.07) is 7.83. The lowest BCUT2D eigenvalue weighted by molar-refractivity contribution is -0.143. The summed E-state index contributed by atoms with van der Waals surface area (Å²) < 4.78 is 5.97. The lowest BCUT2D eigenvalue weighted by atomic mass is 10.1. The van der Waals surface area contributed by atoms with Gasteiger partial charge in [-0.25, -0.2) is 0 Å². The van der Waals surface area contributed by atoms with E-state index < -0.39 is 5.97 Å². The molecule has 1 N–H and O–H groups in total. The van der Waals surface area contributed by atoms with Crippen LogP contribution >= 0.6 is 0 Å². The molecule has 2 aliphatic rings. The minimum absolute atomic E-state index is 0.228. The maximum Gasteiger partial charge on any atom is 0.320 e. The molecule has 1 saturated heterocycles. The Kier molecular flexibility index (Phi) is 4.12. The molecule has 0 bridgehead atoms. The third-order valence-corrected chi connectivity index (χ3v) is 4.49. The van der Waals surface area contributed by atoms with Crippen molar-refractivity contribution in [3.8, 4) is 5.75 Å². The average molecular weight is 290 g/mol. The van der Waals surface area contributed by atoms with Crippen molar-refractivity contribution >= 4 is 5.97 Å². The first-order chi connectivity index (χ1) is 10.1. The standard InChI is InChI=1S/C16H22N2O3/c1-12(16(19)20)18-8-6-17(7-9-18)11-14-10-13-4-2-3-5-15(13)21-14/h2-5,12,14H,6-11H2,1H3,(H,19,20). The third-order valence-electron chi connectivity index (χ3n) is 4.49. The Morgan fingerprint density at radius 2 is 2.05 bits per heavy atom. The van der Waals surface area contributed by atoms with E-state index in [0.29, 0.717) is 0 Å². The van der Waals surface area contributed by atoms with Crippen molar-refractivity contribution in [2.75, 3.05) is 32.7 Å². The van der Waals surface area contributed by atoms with Gasteiger partial charge in [-0.05, 0) is 18.6 Å². The van der Waals surface area contributed by atoms with Crippen LogP contribution < -0.4 is 4.74 Å². The molecule has 2 atom stereocenters. The highest BCUT2D eigenvalue weighted by Crippen LogP contribution is 2.28. The van der Waals surface area contributed by atoms with Crippen LogP contribution in [0, 0.1) is 0 Å². The second-order valence-electron chi connectivity index (χ2n) is 5.90. The summed E-state index contributed by atoms with van der Waals surface area (Å²) in [4.78, 5) is 15.4. The van der Waals surface area contributed by atoms with Gasteiger partial charge in [0.2, 0.25) is 0 Å². The van der Waals surface area contributed by atoms with Gasteiger partial charge in [-0.1, -0.05) is 18.2 Å². The molecule has 1 fully saturated rings. The summed E-state index contributed by atoms with van der Waals surface area (Å²) in [6.45, 7) is 6.13. The highest BCUT2D eigenvalue weighted by Gasteiger charge is 2.28. The lowest BCUT2D eigenvalue weighted by Crippen LogP contribution is -2.53. The highest BCUT2D eigenvalue weighted by atomic mass is 16.5. The Hall–Kier alpha value is -1.59. The van der Waals surface area contributed by atoms with Crippen LogP contribution in [0.15, 0.2) is 24.3 Å². The maximum absolute atomic E-state index is 11.0. The van der Waals surface area contributed by atoms with Gasteiger partial charge in [0.1, 0.15) is 17.9 Å². The van der Waals surface area contributed by atoms with Crippen LogP contribution in [0.3, 0.4) is 0 Å². The van der Waals surface area contributed by atoms with Gasteiger partial charge >= 0.3 is 5.97 Å². The van der Waals surface area contributed by atoms with Crippen LogP contribution in [-0.2, 0) is 11.2 Å². The SMILES string of the molecule is CC(C(=O)O)N1CCN(CC2Cc3ccccc3O2)CC1. The molecule has 2 unspecified atom stereocenters. The Morgan fingerprint density at radius 3 is 2.71 bits per heavy atom. The number of nitrogens with zero attached hydrogens (tertiary/aromatic N) is 2. The average Bonchev–Trinajstić information content (AvgIpc) is 2.89. The monoisotopic (exact) mass is 290 g/mol. The molecule has 0 aliphatic carbocycles. The number of piperazine rings is 1. The summed E-state index contributed by atoms with van der Waals surface area (Å²) in [5, 5.41) is 9.05. The van der Waals surface area contributed by atoms with Crippen molar-refractivity contribution in [2.45, 2.75) is 25.5 Å². The van der Waals surface area contributed by atoms with Crippen molar-refractivity contribution in [3.63, 3.8) is 0 Å². The molecule has 3 rings (SSSR count). The van der Waals surface area contributed by atoms with Crippen LogP contribution in [0.1, 0.15) is 12.5 Å². The van der Waals surface area contributed by atoms with E-state index in [9.17, 15) is 4.79 Å². The maximum atomic E-state index is 11.0. The molecule has 2 heterocycles. The van der Waals surface area contributed by atoms with Crippen LogP contribution in [0.2, 0.25) is 0 Å². The fourth-order valence-corrected chi connectivity index (χ4v) is 3.13. The van der Waals surface area contributed by atoms with Gasteiger partial charge in [-0.2, -0.15) is 0 Å². The number of rotatable bonds is 4. The molecule has 0 spiro atoms. The molecule has 0 amide bonds. The summed E-state index contributed by atoms with van der Waals surface area (Å²) >= 11 is 0. The summed E-state index contributed by atoms with van der Waals surface area (Å²) in [5.74, 6) is 0.277. The number of benzene rings is 1. The van der Waals surface area contributed by atoms with Crippen molar-refractivity contribution in [1.29, 1.82) is 0 Å². The highest BCUT2D eigenvalue weighted by molar-refractivity contribution is 5.72. The molecule has 0 saturated carbocycles. The van der Waals surface area contributed by atoms with Gasteiger partial charge in [0.25, 0.3) is 0 Å². The summed E-state index contributed by atoms with van der Waals surface area (Å²) in [7, 11) is 0. The normalized spacial score (nSPS) is 24.3. The lowest BCUT2D eigenvalue weighted by Gasteiger charge is -2.37. The van der Waals surface area contributed by atoms with Crippen molar-refractivity contribution in [3.05, 3.63) is 29.8 Å². The minimum atomic E-state index is -0.738. The van der Waals surface area contributed by atoms with Crippen molar-refractivity contribution in [2.24, 2.45) is 0 Å². The zero-order chi connectivity index (χ0) is 14.8. The van der Waals surface area contributed by atoms with Gasteiger partial charge in [0, 0.05) is 39.1 Å². The van der Waals surface area contributed by atoms with Crippen LogP contribution in [0.25, 0.3) is 0 Å². The minimum Gasteiger partial charge on any atom is -0.488 e. The van der Waals surface area contributed by atoms with E-state index >= 15 is 0 Å². The molecule has 5 nitrogen and oxygen atoms in total. The molecule has 0 aromatic heterocycles.